The average Bonchev–Trinajstić information content (AvgIpc) is 2.85. The van der Waals surface area contributed by atoms with Gasteiger partial charge in [-0.05, 0) is 26.7 Å². The van der Waals surface area contributed by atoms with Crippen molar-refractivity contribution in [1.29, 1.82) is 0 Å². The predicted octanol–water partition coefficient (Wildman–Crippen LogP) is 8.55. The first-order chi connectivity index (χ1) is 17.3. The number of hydrogen-bond acceptors (Lipinski definition) is 4. The molecule has 0 spiro atoms. The largest absolute Gasteiger partial charge is 0.479 e. The molecule has 0 saturated heterocycles. The lowest BCUT2D eigenvalue weighted by Crippen LogP contribution is -2.63. The van der Waals surface area contributed by atoms with Gasteiger partial charge in [0, 0.05) is 13.2 Å². The Hall–Kier alpha value is -1.14. The number of aliphatic carboxylic acids is 2. The van der Waals surface area contributed by atoms with E-state index in [2.05, 4.69) is 13.8 Å². The molecule has 0 aliphatic rings. The van der Waals surface area contributed by atoms with Crippen LogP contribution in [0, 0.1) is 0 Å². The predicted molar refractivity (Wildman–Crippen MR) is 148 cm³/mol. The Morgan fingerprint density at radius 2 is 0.694 bits per heavy atom. The fourth-order valence-electron chi connectivity index (χ4n) is 4.54. The second-order valence-corrected chi connectivity index (χ2v) is 10.7. The third-order valence-corrected chi connectivity index (χ3v) is 7.50. The van der Waals surface area contributed by atoms with Crippen molar-refractivity contribution < 1.29 is 29.3 Å². The van der Waals surface area contributed by atoms with Gasteiger partial charge in [-0.2, -0.15) is 0 Å². The first-order valence-corrected chi connectivity index (χ1v) is 15.0. The molecule has 0 aromatic rings. The third-order valence-electron chi connectivity index (χ3n) is 7.50. The second kappa shape index (κ2) is 21.9. The van der Waals surface area contributed by atoms with Crippen LogP contribution >= 0.6 is 0 Å². The molecule has 0 fully saturated rings. The molecule has 36 heavy (non-hydrogen) atoms. The van der Waals surface area contributed by atoms with Crippen LogP contribution in [0.1, 0.15) is 156 Å². The number of carboxylic acid groups (broad SMARTS) is 2. The van der Waals surface area contributed by atoms with E-state index in [0.29, 0.717) is 12.8 Å². The molecule has 0 amide bonds. The Kier molecular flexibility index (Phi) is 21.2. The van der Waals surface area contributed by atoms with E-state index in [4.69, 9.17) is 9.47 Å². The van der Waals surface area contributed by atoms with E-state index in [0.717, 1.165) is 25.7 Å². The van der Waals surface area contributed by atoms with Gasteiger partial charge >= 0.3 is 11.9 Å². The molecule has 0 aliphatic heterocycles. The van der Waals surface area contributed by atoms with E-state index >= 15 is 0 Å². The molecule has 0 aliphatic carbocycles. The van der Waals surface area contributed by atoms with Gasteiger partial charge in [-0.1, -0.05) is 129 Å². The van der Waals surface area contributed by atoms with Gasteiger partial charge in [-0.3, -0.25) is 0 Å². The zero-order valence-corrected chi connectivity index (χ0v) is 24.1. The van der Waals surface area contributed by atoms with Crippen LogP contribution in [0.4, 0.5) is 0 Å². The Bertz CT molecular complexity index is 504. The summed E-state index contributed by atoms with van der Waals surface area (Å²) < 4.78 is 11.5. The molecule has 2 N–H and O–H groups in total. The quantitative estimate of drug-likeness (QED) is 0.107. The van der Waals surface area contributed by atoms with Crippen LogP contribution in [0.15, 0.2) is 0 Å². The monoisotopic (exact) mass is 514 g/mol. The zero-order valence-electron chi connectivity index (χ0n) is 24.1. The molecule has 0 radical (unpaired) electrons. The molecule has 0 aromatic heterocycles. The van der Waals surface area contributed by atoms with Crippen LogP contribution in [-0.4, -0.2) is 46.6 Å². The van der Waals surface area contributed by atoms with E-state index in [1.54, 1.807) is 0 Å². The van der Waals surface area contributed by atoms with Gasteiger partial charge in [0.15, 0.2) is 0 Å². The molecule has 214 valence electrons. The highest BCUT2D eigenvalue weighted by molar-refractivity contribution is 5.90. The van der Waals surface area contributed by atoms with Gasteiger partial charge in [0.25, 0.3) is 0 Å². The zero-order chi connectivity index (χ0) is 27.1. The summed E-state index contributed by atoms with van der Waals surface area (Å²) in [6.45, 7) is 7.53. The molecular weight excluding hydrogens is 456 g/mol. The van der Waals surface area contributed by atoms with Gasteiger partial charge in [0.2, 0.25) is 11.2 Å². The minimum absolute atomic E-state index is 0.212. The van der Waals surface area contributed by atoms with Crippen LogP contribution < -0.4 is 0 Å². The molecule has 0 rings (SSSR count). The van der Waals surface area contributed by atoms with E-state index in [1.807, 2.05) is 0 Å². The number of carboxylic acids is 2. The standard InChI is InChI=1S/C30H58O6/c1-5-7-9-11-13-15-17-19-21-23-25-35-29(3,27(31)32)30(4,28(33)34)36-26-24-22-20-18-16-14-12-10-8-6-2/h5-26H2,1-4H3,(H,31,32)(H,33,34)/t29-,30-/m0/s1. The topological polar surface area (TPSA) is 93.1 Å². The van der Waals surface area contributed by atoms with Crippen LogP contribution in [0.25, 0.3) is 0 Å². The fourth-order valence-corrected chi connectivity index (χ4v) is 4.54. The van der Waals surface area contributed by atoms with Crippen molar-refractivity contribution in [3.05, 3.63) is 0 Å². The Labute approximate surface area is 221 Å². The third kappa shape index (κ3) is 14.6. The number of hydrogen-bond donors (Lipinski definition) is 2. The minimum atomic E-state index is -1.95. The van der Waals surface area contributed by atoms with E-state index in [-0.39, 0.29) is 13.2 Å². The minimum Gasteiger partial charge on any atom is -0.479 e. The average molecular weight is 515 g/mol. The molecule has 0 aromatic carbocycles. The highest BCUT2D eigenvalue weighted by Crippen LogP contribution is 2.32. The molecule has 0 bridgehead atoms. The van der Waals surface area contributed by atoms with Crippen molar-refractivity contribution in [3.63, 3.8) is 0 Å². The maximum absolute atomic E-state index is 12.1. The van der Waals surface area contributed by atoms with Crippen molar-refractivity contribution in [1.82, 2.24) is 0 Å². The highest BCUT2D eigenvalue weighted by atomic mass is 16.6. The van der Waals surface area contributed by atoms with Crippen molar-refractivity contribution >= 4 is 11.9 Å². The molecular formula is C30H58O6. The Morgan fingerprint density at radius 3 is 0.917 bits per heavy atom. The number of ether oxygens (including phenoxy) is 2. The number of rotatable bonds is 27. The smallest absolute Gasteiger partial charge is 0.339 e. The van der Waals surface area contributed by atoms with Crippen LogP contribution in [-0.2, 0) is 19.1 Å². The summed E-state index contributed by atoms with van der Waals surface area (Å²) in [5.74, 6) is -2.61. The van der Waals surface area contributed by atoms with E-state index < -0.39 is 23.1 Å². The molecule has 0 heterocycles. The maximum Gasteiger partial charge on any atom is 0.339 e. The molecule has 6 nitrogen and oxygen atoms in total. The van der Waals surface area contributed by atoms with Gasteiger partial charge in [0.05, 0.1) is 0 Å². The van der Waals surface area contributed by atoms with Crippen LogP contribution in [0.2, 0.25) is 0 Å². The summed E-state index contributed by atoms with van der Waals surface area (Å²) >= 11 is 0. The lowest BCUT2D eigenvalue weighted by Gasteiger charge is -2.39. The number of carbonyl (C=O) groups is 2. The highest BCUT2D eigenvalue weighted by Gasteiger charge is 2.58. The van der Waals surface area contributed by atoms with Crippen molar-refractivity contribution in [3.8, 4) is 0 Å². The van der Waals surface area contributed by atoms with Gasteiger partial charge in [0.1, 0.15) is 0 Å². The summed E-state index contributed by atoms with van der Waals surface area (Å²) in [6.07, 6.45) is 23.3. The molecule has 0 unspecified atom stereocenters. The van der Waals surface area contributed by atoms with Gasteiger partial charge in [-0.25, -0.2) is 9.59 Å². The summed E-state index contributed by atoms with van der Waals surface area (Å²) in [6, 6.07) is 0. The summed E-state index contributed by atoms with van der Waals surface area (Å²) in [5.41, 5.74) is -3.90. The van der Waals surface area contributed by atoms with E-state index in [9.17, 15) is 19.8 Å². The summed E-state index contributed by atoms with van der Waals surface area (Å²) in [7, 11) is 0. The van der Waals surface area contributed by atoms with Gasteiger partial charge < -0.3 is 19.7 Å². The van der Waals surface area contributed by atoms with E-state index in [1.165, 1.54) is 104 Å². The van der Waals surface area contributed by atoms with Crippen LogP contribution in [0.3, 0.4) is 0 Å². The first-order valence-electron chi connectivity index (χ1n) is 15.0. The molecule has 2 atom stereocenters. The summed E-state index contributed by atoms with van der Waals surface area (Å²) in [5, 5.41) is 19.8. The van der Waals surface area contributed by atoms with Crippen molar-refractivity contribution in [2.75, 3.05) is 13.2 Å². The maximum atomic E-state index is 12.1. The fraction of sp³-hybridized carbons (Fsp3) is 0.933. The Morgan fingerprint density at radius 1 is 0.472 bits per heavy atom. The first kappa shape index (κ1) is 34.9. The lowest BCUT2D eigenvalue weighted by molar-refractivity contribution is -0.222. The Balaban J connectivity index is 4.31. The van der Waals surface area contributed by atoms with Gasteiger partial charge in [-0.15, -0.1) is 0 Å². The SMILES string of the molecule is CCCCCCCCCCCCO[C@@](C)(C(=O)O)[C@@](C)(OCCCCCCCCCCCC)C(=O)O. The molecule has 6 heteroatoms. The van der Waals surface area contributed by atoms with Crippen molar-refractivity contribution in [2.45, 2.75) is 167 Å². The normalized spacial score (nSPS) is 14.9. The van der Waals surface area contributed by atoms with Crippen LogP contribution in [0.5, 0.6) is 0 Å². The summed E-state index contributed by atoms with van der Waals surface area (Å²) in [4.78, 5) is 24.2. The second-order valence-electron chi connectivity index (χ2n) is 10.7. The van der Waals surface area contributed by atoms with Crippen molar-refractivity contribution in [2.24, 2.45) is 0 Å². The molecule has 0 saturated carbocycles. The lowest BCUT2D eigenvalue weighted by atomic mass is 9.85. The number of unbranched alkanes of at least 4 members (excludes halogenated alkanes) is 18.